The molecule has 0 saturated carbocycles. The number of fused-ring (bicyclic) bond motifs is 1. The number of hydrogen-bond acceptors (Lipinski definition) is 5. The first-order valence-corrected chi connectivity index (χ1v) is 7.71. The molecule has 1 fully saturated rings. The van der Waals surface area contributed by atoms with E-state index in [9.17, 15) is 10.1 Å². The van der Waals surface area contributed by atoms with Crippen molar-refractivity contribution in [1.29, 1.82) is 0 Å². The smallest absolute Gasteiger partial charge is 0.281 e. The minimum Gasteiger partial charge on any atom is -0.494 e. The van der Waals surface area contributed by atoms with Crippen LogP contribution in [0.2, 0.25) is 0 Å². The fourth-order valence-corrected chi connectivity index (χ4v) is 2.79. The van der Waals surface area contributed by atoms with Gasteiger partial charge in [-0.3, -0.25) is 10.1 Å². The van der Waals surface area contributed by atoms with E-state index in [1.54, 1.807) is 16.9 Å². The van der Waals surface area contributed by atoms with Crippen molar-refractivity contribution in [3.63, 3.8) is 0 Å². The van der Waals surface area contributed by atoms with Crippen LogP contribution in [0.3, 0.4) is 0 Å². The summed E-state index contributed by atoms with van der Waals surface area (Å²) in [6.45, 7) is 6.70. The molecule has 2 heterocycles. The van der Waals surface area contributed by atoms with Crippen LogP contribution in [0.4, 0.5) is 5.69 Å². The van der Waals surface area contributed by atoms with E-state index >= 15 is 0 Å². The number of nitro benzene ring substituents is 1. The molecule has 0 radical (unpaired) electrons. The first kappa shape index (κ1) is 15.5. The van der Waals surface area contributed by atoms with Gasteiger partial charge < -0.3 is 9.47 Å². The number of nitro groups is 1. The van der Waals surface area contributed by atoms with Crippen LogP contribution in [0, 0.1) is 10.1 Å². The predicted octanol–water partition coefficient (Wildman–Crippen LogP) is 3.65. The van der Waals surface area contributed by atoms with Gasteiger partial charge in [-0.1, -0.05) is 6.58 Å². The Labute approximate surface area is 133 Å². The maximum atomic E-state index is 11.3. The Kier molecular flexibility index (Phi) is 4.29. The first-order valence-electron chi connectivity index (χ1n) is 7.71. The summed E-state index contributed by atoms with van der Waals surface area (Å²) in [6, 6.07) is 3.17. The summed E-state index contributed by atoms with van der Waals surface area (Å²) in [5.74, 6) is 0.282. The number of nitrogens with zero attached hydrogens (tertiary/aromatic N) is 3. The highest BCUT2D eigenvalue weighted by atomic mass is 16.6. The molecule has 0 N–H and O–H groups in total. The van der Waals surface area contributed by atoms with E-state index in [1.807, 2.05) is 6.92 Å². The number of rotatable bonds is 5. The van der Waals surface area contributed by atoms with Crippen molar-refractivity contribution in [2.24, 2.45) is 0 Å². The third-order valence-electron chi connectivity index (χ3n) is 3.91. The molecular weight excluding hydrogens is 298 g/mol. The van der Waals surface area contributed by atoms with Crippen LogP contribution < -0.4 is 0 Å². The van der Waals surface area contributed by atoms with Crippen molar-refractivity contribution < 1.29 is 14.4 Å². The number of benzene rings is 1. The molecule has 1 unspecified atom stereocenters. The molecule has 122 valence electrons. The van der Waals surface area contributed by atoms with E-state index in [0.29, 0.717) is 29.7 Å². The molecule has 1 aromatic heterocycles. The molecule has 1 aliphatic heterocycles. The summed E-state index contributed by atoms with van der Waals surface area (Å²) in [4.78, 5) is 10.9. The van der Waals surface area contributed by atoms with Gasteiger partial charge in [0.1, 0.15) is 12.0 Å². The van der Waals surface area contributed by atoms with Crippen LogP contribution in [0.25, 0.3) is 16.7 Å². The monoisotopic (exact) mass is 317 g/mol. The van der Waals surface area contributed by atoms with Crippen molar-refractivity contribution in [1.82, 2.24) is 9.78 Å². The minimum absolute atomic E-state index is 0.0277. The Morgan fingerprint density at radius 2 is 2.39 bits per heavy atom. The van der Waals surface area contributed by atoms with Crippen LogP contribution in [0.1, 0.15) is 38.0 Å². The number of ether oxygens (including phenoxy) is 2. The van der Waals surface area contributed by atoms with Gasteiger partial charge in [0.15, 0.2) is 0 Å². The molecule has 7 heteroatoms. The van der Waals surface area contributed by atoms with Gasteiger partial charge in [0, 0.05) is 24.3 Å². The standard InChI is InChI=1S/C16H19N3O4/c1-3-22-11(2)13-9-14-12(8-15(13)19(20)21)10-18(17-14)16-6-4-5-7-23-16/h8-10,16H,2-7H2,1H3. The zero-order valence-electron chi connectivity index (χ0n) is 13.0. The average Bonchev–Trinajstić information content (AvgIpc) is 2.97. The molecule has 2 aromatic rings. The molecular formula is C16H19N3O4. The lowest BCUT2D eigenvalue weighted by molar-refractivity contribution is -0.385. The van der Waals surface area contributed by atoms with Gasteiger partial charge in [0.25, 0.3) is 5.69 Å². The van der Waals surface area contributed by atoms with Crippen LogP contribution in [0.15, 0.2) is 24.9 Å². The highest BCUT2D eigenvalue weighted by molar-refractivity contribution is 5.86. The lowest BCUT2D eigenvalue weighted by Gasteiger charge is -2.22. The third kappa shape index (κ3) is 3.05. The summed E-state index contributed by atoms with van der Waals surface area (Å²) < 4.78 is 12.8. The molecule has 0 spiro atoms. The van der Waals surface area contributed by atoms with Gasteiger partial charge in [0.05, 0.1) is 22.6 Å². The normalized spacial score (nSPS) is 18.0. The second-order valence-electron chi connectivity index (χ2n) is 5.47. The average molecular weight is 317 g/mol. The first-order chi connectivity index (χ1) is 11.1. The lowest BCUT2D eigenvalue weighted by Crippen LogP contribution is -2.18. The van der Waals surface area contributed by atoms with E-state index in [1.165, 1.54) is 6.07 Å². The zero-order chi connectivity index (χ0) is 16.4. The molecule has 1 saturated heterocycles. The number of hydrogen-bond donors (Lipinski definition) is 0. The molecule has 7 nitrogen and oxygen atoms in total. The fourth-order valence-electron chi connectivity index (χ4n) is 2.79. The quantitative estimate of drug-likeness (QED) is 0.478. The summed E-state index contributed by atoms with van der Waals surface area (Å²) in [6.07, 6.45) is 4.74. The summed E-state index contributed by atoms with van der Waals surface area (Å²) in [5.41, 5.74) is 1.000. The Bertz CT molecular complexity index is 747. The molecule has 0 bridgehead atoms. The van der Waals surface area contributed by atoms with Crippen LogP contribution >= 0.6 is 0 Å². The van der Waals surface area contributed by atoms with Crippen molar-refractivity contribution in [3.05, 3.63) is 40.6 Å². The van der Waals surface area contributed by atoms with E-state index in [2.05, 4.69) is 11.7 Å². The van der Waals surface area contributed by atoms with E-state index < -0.39 is 4.92 Å². The summed E-state index contributed by atoms with van der Waals surface area (Å²) >= 11 is 0. The van der Waals surface area contributed by atoms with Crippen molar-refractivity contribution in [2.75, 3.05) is 13.2 Å². The predicted molar refractivity (Wildman–Crippen MR) is 85.9 cm³/mol. The van der Waals surface area contributed by atoms with Gasteiger partial charge >= 0.3 is 0 Å². The minimum atomic E-state index is -0.423. The number of aromatic nitrogens is 2. The molecule has 0 amide bonds. The van der Waals surface area contributed by atoms with Gasteiger partial charge in [0.2, 0.25) is 0 Å². The maximum Gasteiger partial charge on any atom is 0.281 e. The van der Waals surface area contributed by atoms with Crippen LogP contribution in [0.5, 0.6) is 0 Å². The van der Waals surface area contributed by atoms with Crippen molar-refractivity contribution in [2.45, 2.75) is 32.4 Å². The summed E-state index contributed by atoms with van der Waals surface area (Å²) in [5, 5.41) is 16.6. The highest BCUT2D eigenvalue weighted by Crippen LogP contribution is 2.32. The van der Waals surface area contributed by atoms with E-state index in [0.717, 1.165) is 19.3 Å². The van der Waals surface area contributed by atoms with E-state index in [4.69, 9.17) is 9.47 Å². The van der Waals surface area contributed by atoms with Gasteiger partial charge in [-0.05, 0) is 32.3 Å². The molecule has 1 aliphatic rings. The van der Waals surface area contributed by atoms with Crippen LogP contribution in [-0.4, -0.2) is 27.9 Å². The molecule has 23 heavy (non-hydrogen) atoms. The lowest BCUT2D eigenvalue weighted by atomic mass is 10.1. The molecule has 0 aliphatic carbocycles. The van der Waals surface area contributed by atoms with Crippen molar-refractivity contribution >= 4 is 22.3 Å². The fraction of sp³-hybridized carbons (Fsp3) is 0.438. The molecule has 1 aromatic carbocycles. The Hall–Kier alpha value is -2.41. The molecule has 3 rings (SSSR count). The molecule has 1 atom stereocenters. The largest absolute Gasteiger partial charge is 0.494 e. The Morgan fingerprint density at radius 1 is 1.57 bits per heavy atom. The third-order valence-corrected chi connectivity index (χ3v) is 3.91. The SMILES string of the molecule is C=C(OCC)c1cc2nn(C3CCCCO3)cc2cc1[N+](=O)[O-]. The van der Waals surface area contributed by atoms with Gasteiger partial charge in [-0.25, -0.2) is 4.68 Å². The zero-order valence-corrected chi connectivity index (χ0v) is 13.0. The van der Waals surface area contributed by atoms with Gasteiger partial charge in [-0.2, -0.15) is 5.10 Å². The van der Waals surface area contributed by atoms with Crippen molar-refractivity contribution in [3.8, 4) is 0 Å². The van der Waals surface area contributed by atoms with Gasteiger partial charge in [-0.15, -0.1) is 0 Å². The maximum absolute atomic E-state index is 11.3. The Balaban J connectivity index is 2.04. The highest BCUT2D eigenvalue weighted by Gasteiger charge is 2.22. The Morgan fingerprint density at radius 3 is 3.04 bits per heavy atom. The topological polar surface area (TPSA) is 79.4 Å². The van der Waals surface area contributed by atoms with Crippen LogP contribution in [-0.2, 0) is 9.47 Å². The second kappa shape index (κ2) is 6.37. The second-order valence-corrected chi connectivity index (χ2v) is 5.47. The summed E-state index contributed by atoms with van der Waals surface area (Å²) in [7, 11) is 0. The van der Waals surface area contributed by atoms with E-state index in [-0.39, 0.29) is 17.7 Å².